The fourth-order valence-corrected chi connectivity index (χ4v) is 3.95. The van der Waals surface area contributed by atoms with E-state index in [4.69, 9.17) is 0 Å². The highest BCUT2D eigenvalue weighted by Crippen LogP contribution is 2.39. The van der Waals surface area contributed by atoms with Gasteiger partial charge in [-0.15, -0.1) is 0 Å². The van der Waals surface area contributed by atoms with Gasteiger partial charge in [-0.2, -0.15) is 18.3 Å². The van der Waals surface area contributed by atoms with E-state index in [-0.39, 0.29) is 23.2 Å². The number of halogens is 3. The first-order valence-electron chi connectivity index (χ1n) is 9.90. The van der Waals surface area contributed by atoms with Gasteiger partial charge in [0.05, 0.1) is 22.9 Å². The molecular formula is C21H22F3N3O2. The number of hydrogen-bond donors (Lipinski definition) is 1. The van der Waals surface area contributed by atoms with E-state index in [9.17, 15) is 22.8 Å². The largest absolute Gasteiger partial charge is 0.417 e. The standard InChI is InChI=1S/C21H22F3N3O2/c22-21(23,24)17-4-2-1-3-16(17)20(29)25-14-7-9-15(10-8-14)27-19(28)12-11-18(26-27)13-5-6-13/h1-4,11-15H,5-10H2,(H,25,29). The molecule has 0 spiro atoms. The third-order valence-corrected chi connectivity index (χ3v) is 5.70. The molecule has 8 heteroatoms. The summed E-state index contributed by atoms with van der Waals surface area (Å²) < 4.78 is 41.0. The molecule has 2 aliphatic rings. The number of nitrogens with zero attached hydrogens (tertiary/aromatic N) is 2. The Hall–Kier alpha value is -2.64. The molecule has 2 saturated carbocycles. The normalized spacial score (nSPS) is 22.3. The highest BCUT2D eigenvalue weighted by atomic mass is 19.4. The van der Waals surface area contributed by atoms with Crippen molar-refractivity contribution in [2.24, 2.45) is 0 Å². The zero-order valence-corrected chi connectivity index (χ0v) is 15.8. The molecule has 29 heavy (non-hydrogen) atoms. The molecule has 1 aromatic heterocycles. The highest BCUT2D eigenvalue weighted by Gasteiger charge is 2.35. The third kappa shape index (κ3) is 4.36. The minimum absolute atomic E-state index is 0.0446. The molecule has 0 radical (unpaired) electrons. The van der Waals surface area contributed by atoms with E-state index >= 15 is 0 Å². The lowest BCUT2D eigenvalue weighted by Gasteiger charge is -2.30. The Morgan fingerprint density at radius 3 is 2.34 bits per heavy atom. The summed E-state index contributed by atoms with van der Waals surface area (Å²) in [7, 11) is 0. The van der Waals surface area contributed by atoms with E-state index < -0.39 is 17.6 Å². The van der Waals surface area contributed by atoms with Gasteiger partial charge < -0.3 is 5.32 Å². The predicted molar refractivity (Wildman–Crippen MR) is 101 cm³/mol. The van der Waals surface area contributed by atoms with Gasteiger partial charge in [-0.3, -0.25) is 9.59 Å². The first kappa shape index (κ1) is 19.7. The number of aromatic nitrogens is 2. The van der Waals surface area contributed by atoms with Crippen molar-refractivity contribution in [2.45, 2.75) is 62.7 Å². The second-order valence-electron chi connectivity index (χ2n) is 7.84. The van der Waals surface area contributed by atoms with Crippen molar-refractivity contribution < 1.29 is 18.0 Å². The van der Waals surface area contributed by atoms with Crippen molar-refractivity contribution in [2.75, 3.05) is 0 Å². The van der Waals surface area contributed by atoms with Crippen LogP contribution >= 0.6 is 0 Å². The molecule has 0 unspecified atom stereocenters. The van der Waals surface area contributed by atoms with Crippen LogP contribution in [0.3, 0.4) is 0 Å². The Labute approximate surface area is 165 Å². The Balaban J connectivity index is 1.40. The maximum Gasteiger partial charge on any atom is 0.417 e. The van der Waals surface area contributed by atoms with Gasteiger partial charge in [-0.05, 0) is 56.7 Å². The van der Waals surface area contributed by atoms with Crippen LogP contribution in [0.2, 0.25) is 0 Å². The Bertz CT molecular complexity index is 958. The van der Waals surface area contributed by atoms with Crippen LogP contribution in [0.1, 0.15) is 72.1 Å². The van der Waals surface area contributed by atoms with Gasteiger partial charge in [0.25, 0.3) is 11.5 Å². The Kier molecular flexibility index (Phi) is 5.19. The average Bonchev–Trinajstić information content (AvgIpc) is 3.54. The second-order valence-corrected chi connectivity index (χ2v) is 7.84. The maximum absolute atomic E-state index is 13.1. The molecule has 1 heterocycles. The zero-order chi connectivity index (χ0) is 20.6. The SMILES string of the molecule is O=C(NC1CCC(n2nc(C3CC3)ccc2=O)CC1)c1ccccc1C(F)(F)F. The Morgan fingerprint density at radius 2 is 1.69 bits per heavy atom. The number of carbonyl (C=O) groups excluding carboxylic acids is 1. The first-order chi connectivity index (χ1) is 13.8. The van der Waals surface area contributed by atoms with Gasteiger partial charge in [-0.1, -0.05) is 12.1 Å². The lowest BCUT2D eigenvalue weighted by Crippen LogP contribution is -2.40. The molecule has 2 aromatic rings. The van der Waals surface area contributed by atoms with Gasteiger partial charge in [0.2, 0.25) is 0 Å². The molecular weight excluding hydrogens is 383 g/mol. The quantitative estimate of drug-likeness (QED) is 0.835. The van der Waals surface area contributed by atoms with Crippen molar-refractivity contribution in [3.8, 4) is 0 Å². The van der Waals surface area contributed by atoms with E-state index in [2.05, 4.69) is 10.4 Å². The van der Waals surface area contributed by atoms with Gasteiger partial charge in [0.1, 0.15) is 0 Å². The minimum atomic E-state index is -4.58. The van der Waals surface area contributed by atoms with E-state index in [0.717, 1.165) is 24.6 Å². The number of rotatable bonds is 4. The molecule has 0 saturated heterocycles. The summed E-state index contributed by atoms with van der Waals surface area (Å²) in [5.41, 5.74) is -0.485. The number of carbonyl (C=O) groups is 1. The maximum atomic E-state index is 13.1. The molecule has 154 valence electrons. The molecule has 1 N–H and O–H groups in total. The Morgan fingerprint density at radius 1 is 1.00 bits per heavy atom. The fraction of sp³-hybridized carbons (Fsp3) is 0.476. The van der Waals surface area contributed by atoms with E-state index in [1.54, 1.807) is 16.8 Å². The number of alkyl halides is 3. The highest BCUT2D eigenvalue weighted by molar-refractivity contribution is 5.96. The van der Waals surface area contributed by atoms with Crippen molar-refractivity contribution in [1.29, 1.82) is 0 Å². The molecule has 5 nitrogen and oxygen atoms in total. The van der Waals surface area contributed by atoms with Crippen molar-refractivity contribution in [3.05, 3.63) is 63.6 Å². The van der Waals surface area contributed by atoms with Crippen LogP contribution in [-0.2, 0) is 6.18 Å². The second kappa shape index (κ2) is 7.65. The fourth-order valence-electron chi connectivity index (χ4n) is 3.95. The van der Waals surface area contributed by atoms with Crippen LogP contribution in [0.15, 0.2) is 41.2 Å². The monoisotopic (exact) mass is 405 g/mol. The molecule has 0 atom stereocenters. The van der Waals surface area contributed by atoms with Gasteiger partial charge in [-0.25, -0.2) is 4.68 Å². The summed E-state index contributed by atoms with van der Waals surface area (Å²) in [6, 6.07) is 7.88. The summed E-state index contributed by atoms with van der Waals surface area (Å²) in [4.78, 5) is 24.6. The molecule has 2 fully saturated rings. The number of hydrogen-bond acceptors (Lipinski definition) is 3. The van der Waals surface area contributed by atoms with Crippen LogP contribution in [0, 0.1) is 0 Å². The summed E-state index contributed by atoms with van der Waals surface area (Å²) in [6.45, 7) is 0. The van der Waals surface area contributed by atoms with Gasteiger partial charge >= 0.3 is 6.18 Å². The summed E-state index contributed by atoms with van der Waals surface area (Å²) in [6.07, 6.45) is 0.0935. The van der Waals surface area contributed by atoms with Gasteiger partial charge in [0.15, 0.2) is 0 Å². The number of nitrogens with one attached hydrogen (secondary N) is 1. The predicted octanol–water partition coefficient (Wildman–Crippen LogP) is 4.05. The van der Waals surface area contributed by atoms with Crippen LogP contribution in [0.4, 0.5) is 13.2 Å². The van der Waals surface area contributed by atoms with Crippen molar-refractivity contribution >= 4 is 5.91 Å². The summed E-state index contributed by atoms with van der Waals surface area (Å²) in [5.74, 6) is -0.265. The molecule has 0 aliphatic heterocycles. The van der Waals surface area contributed by atoms with E-state index in [0.29, 0.717) is 31.6 Å². The molecule has 2 aliphatic carbocycles. The van der Waals surface area contributed by atoms with Crippen LogP contribution in [-0.4, -0.2) is 21.7 Å². The number of amides is 1. The lowest BCUT2D eigenvalue weighted by molar-refractivity contribution is -0.137. The first-order valence-corrected chi connectivity index (χ1v) is 9.90. The minimum Gasteiger partial charge on any atom is -0.349 e. The average molecular weight is 405 g/mol. The van der Waals surface area contributed by atoms with Crippen molar-refractivity contribution in [3.63, 3.8) is 0 Å². The summed E-state index contributed by atoms with van der Waals surface area (Å²) in [5, 5.41) is 7.25. The molecule has 4 rings (SSSR count). The molecule has 0 bridgehead atoms. The van der Waals surface area contributed by atoms with E-state index in [1.165, 1.54) is 18.2 Å². The topological polar surface area (TPSA) is 64.0 Å². The van der Waals surface area contributed by atoms with Gasteiger partial charge in [0, 0.05) is 18.0 Å². The zero-order valence-electron chi connectivity index (χ0n) is 15.8. The van der Waals surface area contributed by atoms with Crippen LogP contribution in [0.25, 0.3) is 0 Å². The van der Waals surface area contributed by atoms with E-state index in [1.807, 2.05) is 0 Å². The lowest BCUT2D eigenvalue weighted by atomic mass is 9.91. The molecule has 1 aromatic carbocycles. The smallest absolute Gasteiger partial charge is 0.349 e. The van der Waals surface area contributed by atoms with Crippen LogP contribution < -0.4 is 10.9 Å². The third-order valence-electron chi connectivity index (χ3n) is 5.70. The number of benzene rings is 1. The van der Waals surface area contributed by atoms with Crippen molar-refractivity contribution in [1.82, 2.24) is 15.1 Å². The molecule has 1 amide bonds. The van der Waals surface area contributed by atoms with Crippen LogP contribution in [0.5, 0.6) is 0 Å². The summed E-state index contributed by atoms with van der Waals surface area (Å²) >= 11 is 0.